The predicted octanol–water partition coefficient (Wildman–Crippen LogP) is 5.37. The molecule has 0 aliphatic heterocycles. The van der Waals surface area contributed by atoms with Gasteiger partial charge in [-0.15, -0.1) is 0 Å². The van der Waals surface area contributed by atoms with Crippen LogP contribution in [0, 0.1) is 11.3 Å². The summed E-state index contributed by atoms with van der Waals surface area (Å²) < 4.78 is 7.38. The summed E-state index contributed by atoms with van der Waals surface area (Å²) >= 11 is 4.91. The van der Waals surface area contributed by atoms with Crippen LogP contribution in [0.3, 0.4) is 0 Å². The van der Waals surface area contributed by atoms with Crippen molar-refractivity contribution in [1.82, 2.24) is 4.98 Å². The van der Waals surface area contributed by atoms with Gasteiger partial charge in [-0.3, -0.25) is 9.69 Å². The summed E-state index contributed by atoms with van der Waals surface area (Å²) in [6.07, 6.45) is 1.58. The van der Waals surface area contributed by atoms with Gasteiger partial charge < -0.3 is 4.42 Å². The first kappa shape index (κ1) is 17.5. The lowest BCUT2D eigenvalue weighted by Gasteiger charge is -2.18. The molecule has 0 aliphatic carbocycles. The van der Waals surface area contributed by atoms with Crippen molar-refractivity contribution >= 4 is 48.5 Å². The number of thiazole rings is 1. The summed E-state index contributed by atoms with van der Waals surface area (Å²) in [6.45, 7) is 0.271. The number of nitriles is 1. The lowest BCUT2D eigenvalue weighted by atomic mass is 10.1. The molecule has 132 valence electrons. The van der Waals surface area contributed by atoms with Crippen LogP contribution >= 0.6 is 27.3 Å². The molecule has 2 heterocycles. The Kier molecular flexibility index (Phi) is 4.75. The third kappa shape index (κ3) is 3.63. The minimum absolute atomic E-state index is 0.200. The van der Waals surface area contributed by atoms with Crippen molar-refractivity contribution in [2.75, 3.05) is 4.90 Å². The number of halogens is 1. The molecular weight excluding hydrogens is 426 g/mol. The summed E-state index contributed by atoms with van der Waals surface area (Å²) in [4.78, 5) is 19.4. The molecule has 2 aromatic carbocycles. The van der Waals surface area contributed by atoms with Gasteiger partial charge in [-0.2, -0.15) is 5.26 Å². The number of benzene rings is 2. The second kappa shape index (κ2) is 7.35. The van der Waals surface area contributed by atoms with E-state index in [1.54, 1.807) is 41.5 Å². The Balaban J connectivity index is 1.75. The van der Waals surface area contributed by atoms with Crippen LogP contribution in [0.4, 0.5) is 5.13 Å². The number of amides is 1. The van der Waals surface area contributed by atoms with Crippen LogP contribution in [0.25, 0.3) is 10.2 Å². The molecule has 5 nitrogen and oxygen atoms in total. The Morgan fingerprint density at radius 1 is 1.22 bits per heavy atom. The maximum absolute atomic E-state index is 13.2. The lowest BCUT2D eigenvalue weighted by molar-refractivity contribution is 0.0983. The Hall–Kier alpha value is -2.95. The highest BCUT2D eigenvalue weighted by Crippen LogP contribution is 2.32. The van der Waals surface area contributed by atoms with Crippen LogP contribution in [0.5, 0.6) is 0 Å². The van der Waals surface area contributed by atoms with Crippen molar-refractivity contribution in [3.05, 3.63) is 82.2 Å². The molecular formula is C20H12BrN3O2S. The molecule has 0 aliphatic rings. The molecule has 0 bridgehead atoms. The van der Waals surface area contributed by atoms with Gasteiger partial charge in [0, 0.05) is 10.0 Å². The molecule has 7 heteroatoms. The number of carbonyl (C=O) groups excluding carboxylic acids is 1. The normalized spacial score (nSPS) is 10.7. The zero-order valence-corrected chi connectivity index (χ0v) is 16.3. The Bertz CT molecular complexity index is 1140. The average Bonchev–Trinajstić information content (AvgIpc) is 3.34. The van der Waals surface area contributed by atoms with E-state index in [1.807, 2.05) is 24.3 Å². The Morgan fingerprint density at radius 2 is 2.04 bits per heavy atom. The standard InChI is InChI=1S/C20H12BrN3O2S/c21-15-7-8-17-18(10-15)27-20(23-17)24(12-16-2-1-9-26-16)19(25)14-5-3-13(11-22)4-6-14/h1-10H,12H2. The second-order valence-electron chi connectivity index (χ2n) is 5.77. The summed E-state index contributed by atoms with van der Waals surface area (Å²) in [6, 6.07) is 18.1. The van der Waals surface area contributed by atoms with E-state index in [0.717, 1.165) is 14.7 Å². The molecule has 2 aromatic heterocycles. The van der Waals surface area contributed by atoms with Crippen molar-refractivity contribution in [3.63, 3.8) is 0 Å². The third-order valence-electron chi connectivity index (χ3n) is 3.97. The highest BCUT2D eigenvalue weighted by Gasteiger charge is 2.22. The van der Waals surface area contributed by atoms with E-state index in [1.165, 1.54) is 11.3 Å². The SMILES string of the molecule is N#Cc1ccc(C(=O)N(Cc2ccco2)c2nc3ccc(Br)cc3s2)cc1. The van der Waals surface area contributed by atoms with Crippen LogP contribution in [-0.4, -0.2) is 10.9 Å². The minimum Gasteiger partial charge on any atom is -0.467 e. The van der Waals surface area contributed by atoms with Gasteiger partial charge in [0.1, 0.15) is 5.76 Å². The monoisotopic (exact) mass is 437 g/mol. The van der Waals surface area contributed by atoms with Gasteiger partial charge in [0.05, 0.1) is 34.7 Å². The highest BCUT2D eigenvalue weighted by molar-refractivity contribution is 9.10. The highest BCUT2D eigenvalue weighted by atomic mass is 79.9. The minimum atomic E-state index is -0.200. The van der Waals surface area contributed by atoms with E-state index in [2.05, 4.69) is 27.0 Å². The van der Waals surface area contributed by atoms with Crippen molar-refractivity contribution in [1.29, 1.82) is 5.26 Å². The van der Waals surface area contributed by atoms with Gasteiger partial charge >= 0.3 is 0 Å². The topological polar surface area (TPSA) is 70.1 Å². The van der Waals surface area contributed by atoms with Crippen molar-refractivity contribution in [2.24, 2.45) is 0 Å². The zero-order chi connectivity index (χ0) is 18.8. The van der Waals surface area contributed by atoms with Gasteiger partial charge in [-0.05, 0) is 54.6 Å². The fourth-order valence-corrected chi connectivity index (χ4v) is 4.14. The largest absolute Gasteiger partial charge is 0.467 e. The summed E-state index contributed by atoms with van der Waals surface area (Å²) in [5.41, 5.74) is 1.82. The summed E-state index contributed by atoms with van der Waals surface area (Å²) in [5, 5.41) is 9.55. The fraction of sp³-hybridized carbons (Fsp3) is 0.0500. The van der Waals surface area contributed by atoms with Gasteiger partial charge in [0.15, 0.2) is 5.13 Å². The summed E-state index contributed by atoms with van der Waals surface area (Å²) in [7, 11) is 0. The van der Waals surface area contributed by atoms with E-state index < -0.39 is 0 Å². The number of aromatic nitrogens is 1. The van der Waals surface area contributed by atoms with Crippen molar-refractivity contribution in [2.45, 2.75) is 6.54 Å². The number of anilines is 1. The third-order valence-corrected chi connectivity index (χ3v) is 5.50. The molecule has 0 spiro atoms. The number of rotatable bonds is 4. The number of hydrogen-bond acceptors (Lipinski definition) is 5. The first-order chi connectivity index (χ1) is 13.1. The molecule has 4 rings (SSSR count). The molecule has 0 unspecified atom stereocenters. The van der Waals surface area contributed by atoms with Gasteiger partial charge in [0.25, 0.3) is 5.91 Å². The summed E-state index contributed by atoms with van der Waals surface area (Å²) in [5.74, 6) is 0.464. The average molecular weight is 438 g/mol. The Labute approximate surface area is 167 Å². The van der Waals surface area contributed by atoms with Gasteiger partial charge in [-0.25, -0.2) is 4.98 Å². The fourth-order valence-electron chi connectivity index (χ4n) is 2.63. The maximum Gasteiger partial charge on any atom is 0.260 e. The van der Waals surface area contributed by atoms with E-state index in [9.17, 15) is 4.79 Å². The van der Waals surface area contributed by atoms with Crippen LogP contribution < -0.4 is 4.90 Å². The molecule has 0 atom stereocenters. The van der Waals surface area contributed by atoms with Crippen LogP contribution in [0.2, 0.25) is 0 Å². The zero-order valence-electron chi connectivity index (χ0n) is 13.9. The van der Waals surface area contributed by atoms with Crippen LogP contribution in [0.1, 0.15) is 21.7 Å². The quantitative estimate of drug-likeness (QED) is 0.430. The van der Waals surface area contributed by atoms with E-state index in [-0.39, 0.29) is 12.5 Å². The van der Waals surface area contributed by atoms with Crippen LogP contribution in [-0.2, 0) is 6.54 Å². The van der Waals surface area contributed by atoms with E-state index >= 15 is 0 Å². The van der Waals surface area contributed by atoms with Crippen LogP contribution in [0.15, 0.2) is 69.8 Å². The van der Waals surface area contributed by atoms with Crippen molar-refractivity contribution < 1.29 is 9.21 Å². The Morgan fingerprint density at radius 3 is 2.74 bits per heavy atom. The molecule has 0 saturated carbocycles. The molecule has 4 aromatic rings. The lowest BCUT2D eigenvalue weighted by Crippen LogP contribution is -2.30. The first-order valence-electron chi connectivity index (χ1n) is 8.04. The molecule has 27 heavy (non-hydrogen) atoms. The molecule has 0 N–H and O–H groups in total. The number of nitrogens with zero attached hydrogens (tertiary/aromatic N) is 3. The van der Waals surface area contributed by atoms with E-state index in [4.69, 9.17) is 9.68 Å². The molecule has 0 saturated heterocycles. The second-order valence-corrected chi connectivity index (χ2v) is 7.69. The van der Waals surface area contributed by atoms with Gasteiger partial charge in [0.2, 0.25) is 0 Å². The first-order valence-corrected chi connectivity index (χ1v) is 9.65. The van der Waals surface area contributed by atoms with Crippen molar-refractivity contribution in [3.8, 4) is 6.07 Å². The van der Waals surface area contributed by atoms with E-state index in [0.29, 0.717) is 22.0 Å². The number of hydrogen-bond donors (Lipinski definition) is 0. The molecule has 0 radical (unpaired) electrons. The maximum atomic E-state index is 13.2. The predicted molar refractivity (Wildman–Crippen MR) is 108 cm³/mol. The van der Waals surface area contributed by atoms with Gasteiger partial charge in [-0.1, -0.05) is 27.3 Å². The number of furan rings is 1. The number of fused-ring (bicyclic) bond motifs is 1. The smallest absolute Gasteiger partial charge is 0.260 e. The molecule has 1 amide bonds. The molecule has 0 fully saturated rings. The number of carbonyl (C=O) groups is 1.